The fraction of sp³-hybridized carbons (Fsp3) is 0.176. The van der Waals surface area contributed by atoms with Crippen molar-refractivity contribution in [2.75, 3.05) is 0 Å². The molecule has 5 heteroatoms. The number of carbonyl (C=O) groups excluding carboxylic acids is 1. The van der Waals surface area contributed by atoms with Crippen LogP contribution in [0.5, 0.6) is 0 Å². The van der Waals surface area contributed by atoms with Crippen LogP contribution < -0.4 is 0 Å². The van der Waals surface area contributed by atoms with Gasteiger partial charge in [-0.15, -0.1) is 0 Å². The number of hydrogen-bond donors (Lipinski definition) is 0. The summed E-state index contributed by atoms with van der Waals surface area (Å²) in [6.45, 7) is 2.37. The Balaban J connectivity index is 2.14. The van der Waals surface area contributed by atoms with Gasteiger partial charge in [-0.05, 0) is 24.6 Å². The van der Waals surface area contributed by atoms with Crippen LogP contribution in [-0.4, -0.2) is 15.5 Å². The first-order valence-corrected chi connectivity index (χ1v) is 7.28. The number of ether oxygens (including phenoxy) is 1. The number of rotatable bonds is 6. The minimum Gasteiger partial charge on any atom is -0.452 e. The van der Waals surface area contributed by atoms with Crippen LogP contribution >= 0.6 is 11.6 Å². The van der Waals surface area contributed by atoms with Crippen molar-refractivity contribution in [2.45, 2.75) is 19.6 Å². The van der Waals surface area contributed by atoms with Crippen LogP contribution in [0.15, 0.2) is 67.3 Å². The third-order valence-electron chi connectivity index (χ3n) is 2.97. The highest BCUT2D eigenvalue weighted by Crippen LogP contribution is 2.22. The van der Waals surface area contributed by atoms with Crippen LogP contribution in [0.4, 0.5) is 0 Å². The Morgan fingerprint density at radius 2 is 2.14 bits per heavy atom. The average Bonchev–Trinajstić information content (AvgIpc) is 3.01. The molecule has 114 valence electrons. The quantitative estimate of drug-likeness (QED) is 0.460. The van der Waals surface area contributed by atoms with E-state index in [2.05, 4.69) is 4.98 Å². The summed E-state index contributed by atoms with van der Waals surface area (Å²) in [4.78, 5) is 15.9. The van der Waals surface area contributed by atoms with Gasteiger partial charge in [-0.1, -0.05) is 42.0 Å². The van der Waals surface area contributed by atoms with Crippen molar-refractivity contribution in [3.8, 4) is 0 Å². The standard InChI is InChI=1S/C17H17ClN2O2/c1-2-3-4-5-17(21)22-16(12-20-11-10-19-13-20)14-6-8-15(18)9-7-14/h2-11,13,16H,12H2,1H3/b3-2+,5-4+. The van der Waals surface area contributed by atoms with Crippen molar-refractivity contribution in [1.29, 1.82) is 0 Å². The van der Waals surface area contributed by atoms with Gasteiger partial charge in [-0.25, -0.2) is 9.78 Å². The molecule has 22 heavy (non-hydrogen) atoms. The molecule has 0 aliphatic heterocycles. The average molecular weight is 317 g/mol. The smallest absolute Gasteiger partial charge is 0.331 e. The molecule has 1 heterocycles. The molecule has 1 aromatic heterocycles. The van der Waals surface area contributed by atoms with Gasteiger partial charge in [0.15, 0.2) is 0 Å². The zero-order chi connectivity index (χ0) is 15.8. The van der Waals surface area contributed by atoms with E-state index in [9.17, 15) is 4.79 Å². The van der Waals surface area contributed by atoms with Gasteiger partial charge in [0.05, 0.1) is 12.9 Å². The van der Waals surface area contributed by atoms with Crippen LogP contribution in [0.3, 0.4) is 0 Å². The van der Waals surface area contributed by atoms with E-state index in [1.54, 1.807) is 36.8 Å². The summed E-state index contributed by atoms with van der Waals surface area (Å²) in [5.41, 5.74) is 0.880. The van der Waals surface area contributed by atoms with E-state index >= 15 is 0 Å². The van der Waals surface area contributed by atoms with Crippen molar-refractivity contribution >= 4 is 17.6 Å². The highest BCUT2D eigenvalue weighted by molar-refractivity contribution is 6.30. The maximum absolute atomic E-state index is 11.9. The second-order valence-electron chi connectivity index (χ2n) is 4.62. The Hall–Kier alpha value is -2.33. The summed E-state index contributed by atoms with van der Waals surface area (Å²) in [7, 11) is 0. The van der Waals surface area contributed by atoms with Crippen LogP contribution in [0.25, 0.3) is 0 Å². The van der Waals surface area contributed by atoms with Crippen LogP contribution in [0.2, 0.25) is 5.02 Å². The molecule has 0 saturated carbocycles. The minimum absolute atomic E-state index is 0.391. The van der Waals surface area contributed by atoms with E-state index in [0.717, 1.165) is 5.56 Å². The largest absolute Gasteiger partial charge is 0.452 e. The first-order chi connectivity index (χ1) is 10.7. The number of allylic oxidation sites excluding steroid dienone is 3. The fourth-order valence-electron chi connectivity index (χ4n) is 1.90. The molecule has 1 aromatic carbocycles. The van der Waals surface area contributed by atoms with Crippen molar-refractivity contribution in [3.05, 3.63) is 77.9 Å². The number of carbonyl (C=O) groups is 1. The number of imidazole rings is 1. The van der Waals surface area contributed by atoms with E-state index in [-0.39, 0.29) is 0 Å². The van der Waals surface area contributed by atoms with Crippen LogP contribution in [0, 0.1) is 0 Å². The number of esters is 1. The van der Waals surface area contributed by atoms with Crippen LogP contribution in [-0.2, 0) is 16.1 Å². The topological polar surface area (TPSA) is 44.1 Å². The summed E-state index contributed by atoms with van der Waals surface area (Å²) in [6, 6.07) is 7.27. The summed E-state index contributed by atoms with van der Waals surface area (Å²) in [5, 5.41) is 0.643. The third-order valence-corrected chi connectivity index (χ3v) is 3.22. The lowest BCUT2D eigenvalue weighted by atomic mass is 10.1. The predicted molar refractivity (Wildman–Crippen MR) is 86.5 cm³/mol. The third kappa shape index (κ3) is 4.90. The van der Waals surface area contributed by atoms with E-state index < -0.39 is 12.1 Å². The molecule has 4 nitrogen and oxygen atoms in total. The molecule has 0 N–H and O–H groups in total. The van der Waals surface area contributed by atoms with Gasteiger partial charge >= 0.3 is 5.97 Å². The lowest BCUT2D eigenvalue weighted by Crippen LogP contribution is -2.15. The molecule has 0 saturated heterocycles. The SMILES string of the molecule is C/C=C/C=C/C(=O)OC(Cn1ccnc1)c1ccc(Cl)cc1. The van der Waals surface area contributed by atoms with Crippen molar-refractivity contribution in [2.24, 2.45) is 0 Å². The number of halogens is 1. The second kappa shape index (κ2) is 8.20. The Bertz CT molecular complexity index is 646. The summed E-state index contributed by atoms with van der Waals surface area (Å²) in [5.74, 6) is -0.391. The maximum atomic E-state index is 11.9. The molecule has 0 spiro atoms. The number of hydrogen-bond acceptors (Lipinski definition) is 3. The molecule has 0 aliphatic carbocycles. The van der Waals surface area contributed by atoms with E-state index in [1.165, 1.54) is 6.08 Å². The highest BCUT2D eigenvalue weighted by Gasteiger charge is 2.16. The fourth-order valence-corrected chi connectivity index (χ4v) is 2.03. The predicted octanol–water partition coefficient (Wildman–Crippen LogP) is 3.95. The Kier molecular flexibility index (Phi) is 5.98. The van der Waals surface area contributed by atoms with Gasteiger partial charge in [-0.3, -0.25) is 0 Å². The highest BCUT2D eigenvalue weighted by atomic mass is 35.5. The number of benzene rings is 1. The van der Waals surface area contributed by atoms with Crippen molar-refractivity contribution < 1.29 is 9.53 Å². The van der Waals surface area contributed by atoms with Crippen molar-refractivity contribution in [1.82, 2.24) is 9.55 Å². The Labute approximate surface area is 134 Å². The molecule has 0 amide bonds. The molecular weight excluding hydrogens is 300 g/mol. The minimum atomic E-state index is -0.408. The van der Waals surface area contributed by atoms with E-state index in [0.29, 0.717) is 11.6 Å². The van der Waals surface area contributed by atoms with Gasteiger partial charge < -0.3 is 9.30 Å². The van der Waals surface area contributed by atoms with E-state index in [4.69, 9.17) is 16.3 Å². The molecule has 0 fully saturated rings. The monoisotopic (exact) mass is 316 g/mol. The van der Waals surface area contributed by atoms with Crippen molar-refractivity contribution in [3.63, 3.8) is 0 Å². The first kappa shape index (κ1) is 16.0. The normalized spacial score (nSPS) is 12.8. The molecule has 1 unspecified atom stereocenters. The summed E-state index contributed by atoms with van der Waals surface area (Å²) in [6.07, 6.45) is 11.5. The van der Waals surface area contributed by atoms with Gasteiger partial charge in [0.2, 0.25) is 0 Å². The Morgan fingerprint density at radius 3 is 2.77 bits per heavy atom. The molecule has 0 bridgehead atoms. The molecule has 0 aliphatic rings. The molecule has 2 rings (SSSR count). The van der Waals surface area contributed by atoms with Gasteiger partial charge in [0.25, 0.3) is 0 Å². The lowest BCUT2D eigenvalue weighted by Gasteiger charge is -2.18. The van der Waals surface area contributed by atoms with Crippen LogP contribution in [0.1, 0.15) is 18.6 Å². The number of aromatic nitrogens is 2. The Morgan fingerprint density at radius 1 is 1.36 bits per heavy atom. The van der Waals surface area contributed by atoms with Gasteiger partial charge in [0, 0.05) is 23.5 Å². The number of nitrogens with zero attached hydrogens (tertiary/aromatic N) is 2. The van der Waals surface area contributed by atoms with Gasteiger partial charge in [-0.2, -0.15) is 0 Å². The molecule has 2 aromatic rings. The molecular formula is C17H17ClN2O2. The molecule has 1 atom stereocenters. The van der Waals surface area contributed by atoms with E-state index in [1.807, 2.05) is 35.9 Å². The summed E-state index contributed by atoms with van der Waals surface area (Å²) >= 11 is 5.91. The maximum Gasteiger partial charge on any atom is 0.331 e. The zero-order valence-corrected chi connectivity index (χ0v) is 13.0. The first-order valence-electron chi connectivity index (χ1n) is 6.90. The second-order valence-corrected chi connectivity index (χ2v) is 5.06. The zero-order valence-electron chi connectivity index (χ0n) is 12.2. The summed E-state index contributed by atoms with van der Waals surface area (Å²) < 4.78 is 7.41. The molecule has 0 radical (unpaired) electrons. The van der Waals surface area contributed by atoms with Gasteiger partial charge in [0.1, 0.15) is 6.10 Å². The lowest BCUT2D eigenvalue weighted by molar-refractivity contribution is -0.144.